The maximum absolute atomic E-state index is 13.5. The Bertz CT molecular complexity index is 690. The molecule has 4 heteroatoms. The molecule has 0 heterocycles. The van der Waals surface area contributed by atoms with E-state index in [2.05, 4.69) is 43.5 Å². The first-order valence-electron chi connectivity index (χ1n) is 8.29. The van der Waals surface area contributed by atoms with E-state index in [1.807, 2.05) is 0 Å². The van der Waals surface area contributed by atoms with Crippen LogP contribution in [0.25, 0.3) is 0 Å². The molecule has 0 atom stereocenters. The molecule has 24 heavy (non-hydrogen) atoms. The van der Waals surface area contributed by atoms with Crippen molar-refractivity contribution in [2.24, 2.45) is 0 Å². The molecule has 0 bridgehead atoms. The highest BCUT2D eigenvalue weighted by atomic mass is 19.1. The third kappa shape index (κ3) is 5.08. The molecule has 2 rings (SSSR count). The topological polar surface area (TPSA) is 41.1 Å². The molecule has 0 aliphatic carbocycles. The van der Waals surface area contributed by atoms with Crippen LogP contribution in [0.4, 0.5) is 10.1 Å². The lowest BCUT2D eigenvalue weighted by Crippen LogP contribution is -2.27. The standard InChI is InChI=1S/C20H25FN2O/c1-14-12-15(2)20(16(3)13-14)23-11-9-19(24)22-10-8-17-6-4-5-7-18(17)21/h4-7,12-13,23H,8-11H2,1-3H3,(H,22,24). The van der Waals surface area contributed by atoms with Crippen molar-refractivity contribution in [3.63, 3.8) is 0 Å². The zero-order chi connectivity index (χ0) is 17.5. The minimum Gasteiger partial charge on any atom is -0.384 e. The Morgan fingerprint density at radius 3 is 2.38 bits per heavy atom. The van der Waals surface area contributed by atoms with Crippen LogP contribution in [-0.4, -0.2) is 19.0 Å². The molecule has 2 N–H and O–H groups in total. The predicted molar refractivity (Wildman–Crippen MR) is 96.9 cm³/mol. The average molecular weight is 328 g/mol. The van der Waals surface area contributed by atoms with Crippen molar-refractivity contribution in [3.05, 3.63) is 64.5 Å². The zero-order valence-corrected chi connectivity index (χ0v) is 14.6. The summed E-state index contributed by atoms with van der Waals surface area (Å²) in [5.74, 6) is -0.250. The third-order valence-corrected chi connectivity index (χ3v) is 4.01. The van der Waals surface area contributed by atoms with Crippen LogP contribution >= 0.6 is 0 Å². The first-order valence-corrected chi connectivity index (χ1v) is 8.29. The predicted octanol–water partition coefficient (Wildman–Crippen LogP) is 3.91. The van der Waals surface area contributed by atoms with Gasteiger partial charge in [0.2, 0.25) is 5.91 Å². The van der Waals surface area contributed by atoms with E-state index in [9.17, 15) is 9.18 Å². The summed E-state index contributed by atoms with van der Waals surface area (Å²) in [6.07, 6.45) is 0.895. The van der Waals surface area contributed by atoms with Gasteiger partial charge in [0, 0.05) is 25.2 Å². The van der Waals surface area contributed by atoms with Crippen molar-refractivity contribution in [2.45, 2.75) is 33.6 Å². The fraction of sp³-hybridized carbons (Fsp3) is 0.350. The molecular formula is C20H25FN2O. The van der Waals surface area contributed by atoms with Crippen molar-refractivity contribution in [1.29, 1.82) is 0 Å². The molecule has 0 aliphatic rings. The van der Waals surface area contributed by atoms with Gasteiger partial charge in [0.1, 0.15) is 5.82 Å². The number of carbonyl (C=O) groups excluding carboxylic acids is 1. The largest absolute Gasteiger partial charge is 0.384 e. The number of hydrogen-bond donors (Lipinski definition) is 2. The van der Waals surface area contributed by atoms with Crippen LogP contribution in [0.3, 0.4) is 0 Å². The van der Waals surface area contributed by atoms with E-state index in [0.29, 0.717) is 31.5 Å². The number of hydrogen-bond acceptors (Lipinski definition) is 2. The van der Waals surface area contributed by atoms with Gasteiger partial charge in [-0.3, -0.25) is 4.79 Å². The highest BCUT2D eigenvalue weighted by Crippen LogP contribution is 2.21. The maximum atomic E-state index is 13.5. The molecule has 0 fully saturated rings. The van der Waals surface area contributed by atoms with Gasteiger partial charge in [0.15, 0.2) is 0 Å². The van der Waals surface area contributed by atoms with Crippen LogP contribution in [0.2, 0.25) is 0 Å². The van der Waals surface area contributed by atoms with Gasteiger partial charge < -0.3 is 10.6 Å². The molecule has 0 radical (unpaired) electrons. The van der Waals surface area contributed by atoms with Crippen molar-refractivity contribution in [1.82, 2.24) is 5.32 Å². The SMILES string of the molecule is Cc1cc(C)c(NCCC(=O)NCCc2ccccc2F)c(C)c1. The summed E-state index contributed by atoms with van der Waals surface area (Å²) >= 11 is 0. The summed E-state index contributed by atoms with van der Waals surface area (Å²) in [7, 11) is 0. The third-order valence-electron chi connectivity index (χ3n) is 4.01. The van der Waals surface area contributed by atoms with Crippen LogP contribution in [0.5, 0.6) is 0 Å². The van der Waals surface area contributed by atoms with Crippen LogP contribution in [0.1, 0.15) is 28.7 Å². The minimum atomic E-state index is -0.223. The lowest BCUT2D eigenvalue weighted by atomic mass is 10.1. The Labute approximate surface area is 143 Å². The first kappa shape index (κ1) is 18.0. The number of anilines is 1. The van der Waals surface area contributed by atoms with Gasteiger partial charge in [-0.1, -0.05) is 35.9 Å². The molecule has 0 unspecified atom stereocenters. The van der Waals surface area contributed by atoms with Crippen molar-refractivity contribution in [2.75, 3.05) is 18.4 Å². The second-order valence-corrected chi connectivity index (χ2v) is 6.14. The molecule has 0 aliphatic heterocycles. The number of nitrogens with one attached hydrogen (secondary N) is 2. The molecule has 1 amide bonds. The fourth-order valence-electron chi connectivity index (χ4n) is 2.89. The van der Waals surface area contributed by atoms with Crippen LogP contribution < -0.4 is 10.6 Å². The molecule has 2 aromatic carbocycles. The second-order valence-electron chi connectivity index (χ2n) is 6.14. The molecule has 0 saturated carbocycles. The van der Waals surface area contributed by atoms with Gasteiger partial charge in [-0.2, -0.15) is 0 Å². The molecule has 128 valence electrons. The number of halogens is 1. The summed E-state index contributed by atoms with van der Waals surface area (Å²) in [5, 5.41) is 6.17. The smallest absolute Gasteiger partial charge is 0.221 e. The maximum Gasteiger partial charge on any atom is 0.221 e. The van der Waals surface area contributed by atoms with Crippen LogP contribution in [0.15, 0.2) is 36.4 Å². The van der Waals surface area contributed by atoms with Gasteiger partial charge in [0.05, 0.1) is 0 Å². The summed E-state index contributed by atoms with van der Waals surface area (Å²) in [6, 6.07) is 10.9. The number of carbonyl (C=O) groups is 1. The minimum absolute atomic E-state index is 0.0266. The van der Waals surface area contributed by atoms with Gasteiger partial charge >= 0.3 is 0 Å². The van der Waals surface area contributed by atoms with Gasteiger partial charge in [-0.25, -0.2) is 4.39 Å². The number of amides is 1. The van der Waals surface area contributed by atoms with E-state index in [-0.39, 0.29) is 11.7 Å². The van der Waals surface area contributed by atoms with E-state index < -0.39 is 0 Å². The van der Waals surface area contributed by atoms with Gasteiger partial charge in [-0.15, -0.1) is 0 Å². The Balaban J connectivity index is 1.73. The van der Waals surface area contributed by atoms with Crippen molar-refractivity contribution in [3.8, 4) is 0 Å². The number of rotatable bonds is 7. The van der Waals surface area contributed by atoms with Gasteiger partial charge in [-0.05, 0) is 49.9 Å². The normalized spacial score (nSPS) is 10.5. The number of aryl methyl sites for hydroxylation is 3. The first-order chi connectivity index (χ1) is 11.5. The quantitative estimate of drug-likeness (QED) is 0.809. The Kier molecular flexibility index (Phi) is 6.36. The molecule has 2 aromatic rings. The zero-order valence-electron chi connectivity index (χ0n) is 14.6. The monoisotopic (exact) mass is 328 g/mol. The molecule has 0 aromatic heterocycles. The van der Waals surface area contributed by atoms with Crippen molar-refractivity contribution >= 4 is 11.6 Å². The summed E-state index contributed by atoms with van der Waals surface area (Å²) in [5.41, 5.74) is 5.34. The molecule has 3 nitrogen and oxygen atoms in total. The lowest BCUT2D eigenvalue weighted by molar-refractivity contribution is -0.120. The van der Waals surface area contributed by atoms with E-state index in [4.69, 9.17) is 0 Å². The Morgan fingerprint density at radius 2 is 1.71 bits per heavy atom. The van der Waals surface area contributed by atoms with Gasteiger partial charge in [0.25, 0.3) is 0 Å². The molecule has 0 saturated heterocycles. The van der Waals surface area contributed by atoms with E-state index in [1.54, 1.807) is 18.2 Å². The Hall–Kier alpha value is -2.36. The fourth-order valence-corrected chi connectivity index (χ4v) is 2.89. The van der Waals surface area contributed by atoms with E-state index in [0.717, 1.165) is 5.69 Å². The number of benzene rings is 2. The van der Waals surface area contributed by atoms with E-state index >= 15 is 0 Å². The summed E-state index contributed by atoms with van der Waals surface area (Å²) in [6.45, 7) is 7.24. The molecular weight excluding hydrogens is 303 g/mol. The van der Waals surface area contributed by atoms with Crippen molar-refractivity contribution < 1.29 is 9.18 Å². The molecule has 0 spiro atoms. The van der Waals surface area contributed by atoms with E-state index in [1.165, 1.54) is 22.8 Å². The van der Waals surface area contributed by atoms with Crippen LogP contribution in [-0.2, 0) is 11.2 Å². The highest BCUT2D eigenvalue weighted by molar-refractivity contribution is 5.76. The average Bonchev–Trinajstić information content (AvgIpc) is 2.51. The second kappa shape index (κ2) is 8.48. The lowest BCUT2D eigenvalue weighted by Gasteiger charge is -2.14. The summed E-state index contributed by atoms with van der Waals surface area (Å²) < 4.78 is 13.5. The summed E-state index contributed by atoms with van der Waals surface area (Å²) in [4.78, 5) is 11.9. The highest BCUT2D eigenvalue weighted by Gasteiger charge is 2.06. The Morgan fingerprint density at radius 1 is 1.04 bits per heavy atom. The van der Waals surface area contributed by atoms with Crippen LogP contribution in [0, 0.1) is 26.6 Å².